The fourth-order valence-corrected chi connectivity index (χ4v) is 1.60. The third-order valence-corrected chi connectivity index (χ3v) is 3.22. The zero-order chi connectivity index (χ0) is 16.1. The standard InChI is InChI=1S/C13H18.C5H5N.CH5N.CH4.H2/c1-5-13(4)9-6-7-12(8-10-13)11(2)3;1-2-4-6-5-3-1;1-2;;/h6-10H,2,5H2,1,3-4H3;1-5H;2H2,1H3;1H4;1H. The van der Waals surface area contributed by atoms with Gasteiger partial charge in [0.25, 0.3) is 0 Å². The van der Waals surface area contributed by atoms with Crippen molar-refractivity contribution in [2.75, 3.05) is 7.05 Å². The Bertz CT molecular complexity index is 463. The van der Waals surface area contributed by atoms with E-state index in [4.69, 9.17) is 0 Å². The predicted molar refractivity (Wildman–Crippen MR) is 103 cm³/mol. The van der Waals surface area contributed by atoms with Crippen molar-refractivity contribution in [2.45, 2.75) is 34.6 Å². The molecule has 0 amide bonds. The maximum absolute atomic E-state index is 4.50. The summed E-state index contributed by atoms with van der Waals surface area (Å²) in [4.78, 5) is 3.78. The minimum Gasteiger partial charge on any atom is -0.333 e. The highest BCUT2D eigenvalue weighted by Crippen LogP contribution is 2.28. The highest BCUT2D eigenvalue weighted by molar-refractivity contribution is 5.42. The van der Waals surface area contributed by atoms with Crippen molar-refractivity contribution in [1.29, 1.82) is 0 Å². The first-order chi connectivity index (χ1) is 10.1. The van der Waals surface area contributed by atoms with E-state index < -0.39 is 0 Å². The lowest BCUT2D eigenvalue weighted by atomic mass is 9.87. The average molecular weight is 303 g/mol. The molecule has 0 aliphatic heterocycles. The Morgan fingerprint density at radius 1 is 1.23 bits per heavy atom. The Kier molecular flexibility index (Phi) is 13.0. The Balaban J connectivity index is -0.000000340. The number of rotatable bonds is 2. The van der Waals surface area contributed by atoms with Gasteiger partial charge < -0.3 is 5.73 Å². The SMILES string of the molecule is C.C=C(C)C1=CC=CC(C)(CC)C=C1.CN.[HH].c1ccncc1. The third kappa shape index (κ3) is 9.09. The summed E-state index contributed by atoms with van der Waals surface area (Å²) in [5.41, 5.74) is 7.07. The molecule has 2 rings (SSSR count). The second-order valence-corrected chi connectivity index (χ2v) is 4.98. The van der Waals surface area contributed by atoms with Crippen LogP contribution in [-0.2, 0) is 0 Å². The second-order valence-electron chi connectivity index (χ2n) is 4.98. The van der Waals surface area contributed by atoms with E-state index in [0.717, 1.165) is 12.0 Å². The number of hydrogen-bond donors (Lipinski definition) is 1. The lowest BCUT2D eigenvalue weighted by molar-refractivity contribution is 0.531. The molecule has 1 aromatic heterocycles. The molecule has 22 heavy (non-hydrogen) atoms. The van der Waals surface area contributed by atoms with Gasteiger partial charge in [-0.3, -0.25) is 4.98 Å². The Labute approximate surface area is 138 Å². The zero-order valence-corrected chi connectivity index (χ0v) is 13.7. The van der Waals surface area contributed by atoms with Crippen LogP contribution in [-0.4, -0.2) is 12.0 Å². The second kappa shape index (κ2) is 12.8. The van der Waals surface area contributed by atoms with E-state index in [-0.39, 0.29) is 14.3 Å². The first kappa shape index (κ1) is 22.4. The van der Waals surface area contributed by atoms with Gasteiger partial charge in [0, 0.05) is 19.2 Å². The normalized spacial score (nSPS) is 18.3. The molecule has 0 radical (unpaired) electrons. The van der Waals surface area contributed by atoms with Gasteiger partial charge in [-0.1, -0.05) is 69.9 Å². The van der Waals surface area contributed by atoms with Crippen LogP contribution in [0.15, 0.2) is 78.7 Å². The number of aromatic nitrogens is 1. The third-order valence-electron chi connectivity index (χ3n) is 3.22. The fraction of sp³-hybridized carbons (Fsp3) is 0.350. The van der Waals surface area contributed by atoms with Crippen LogP contribution in [0.1, 0.15) is 36.0 Å². The molecule has 1 heterocycles. The van der Waals surface area contributed by atoms with Crippen LogP contribution in [0.5, 0.6) is 0 Å². The van der Waals surface area contributed by atoms with E-state index in [2.05, 4.69) is 61.5 Å². The summed E-state index contributed by atoms with van der Waals surface area (Å²) in [6.07, 6.45) is 15.6. The lowest BCUT2D eigenvalue weighted by Crippen LogP contribution is -2.06. The van der Waals surface area contributed by atoms with E-state index in [1.807, 2.05) is 25.1 Å². The summed E-state index contributed by atoms with van der Waals surface area (Å²) in [5, 5.41) is 0. The van der Waals surface area contributed by atoms with Crippen LogP contribution in [0.4, 0.5) is 0 Å². The molecular weight excluding hydrogens is 268 g/mol. The van der Waals surface area contributed by atoms with Gasteiger partial charge >= 0.3 is 0 Å². The van der Waals surface area contributed by atoms with Gasteiger partial charge in [0.15, 0.2) is 0 Å². The molecule has 0 aromatic carbocycles. The highest BCUT2D eigenvalue weighted by atomic mass is 14.6. The van der Waals surface area contributed by atoms with Crippen molar-refractivity contribution in [1.82, 2.24) is 4.98 Å². The fourth-order valence-electron chi connectivity index (χ4n) is 1.60. The number of allylic oxidation sites excluding steroid dienone is 7. The highest BCUT2D eigenvalue weighted by Gasteiger charge is 2.14. The molecule has 1 unspecified atom stereocenters. The van der Waals surface area contributed by atoms with E-state index in [1.54, 1.807) is 12.4 Å². The monoisotopic (exact) mass is 302 g/mol. The van der Waals surface area contributed by atoms with Crippen LogP contribution < -0.4 is 5.73 Å². The predicted octanol–water partition coefficient (Wildman–Crippen LogP) is 5.57. The summed E-state index contributed by atoms with van der Waals surface area (Å²) in [5.74, 6) is 0. The van der Waals surface area contributed by atoms with Crippen molar-refractivity contribution in [3.8, 4) is 0 Å². The molecule has 2 heteroatoms. The Morgan fingerprint density at radius 2 is 1.82 bits per heavy atom. The van der Waals surface area contributed by atoms with Crippen molar-refractivity contribution >= 4 is 0 Å². The van der Waals surface area contributed by atoms with E-state index in [9.17, 15) is 0 Å². The maximum Gasteiger partial charge on any atom is 0.0267 e. The molecule has 2 N–H and O–H groups in total. The summed E-state index contributed by atoms with van der Waals surface area (Å²) < 4.78 is 0. The van der Waals surface area contributed by atoms with Crippen LogP contribution in [0, 0.1) is 5.41 Å². The summed E-state index contributed by atoms with van der Waals surface area (Å²) in [6, 6.07) is 5.72. The van der Waals surface area contributed by atoms with Crippen LogP contribution in [0.3, 0.4) is 0 Å². The zero-order valence-electron chi connectivity index (χ0n) is 13.7. The van der Waals surface area contributed by atoms with Crippen LogP contribution in [0.25, 0.3) is 0 Å². The smallest absolute Gasteiger partial charge is 0.0267 e. The van der Waals surface area contributed by atoms with E-state index in [1.165, 1.54) is 12.6 Å². The molecule has 0 spiro atoms. The molecule has 1 aliphatic carbocycles. The number of nitrogens with two attached hydrogens (primary N) is 1. The van der Waals surface area contributed by atoms with Crippen molar-refractivity contribution < 1.29 is 1.43 Å². The quantitative estimate of drug-likeness (QED) is 0.775. The van der Waals surface area contributed by atoms with Crippen LogP contribution >= 0.6 is 0 Å². The van der Waals surface area contributed by atoms with Crippen molar-refractivity contribution in [3.63, 3.8) is 0 Å². The number of pyridine rings is 1. The first-order valence-corrected chi connectivity index (χ1v) is 7.25. The minimum absolute atomic E-state index is 0. The van der Waals surface area contributed by atoms with Gasteiger partial charge in [0.2, 0.25) is 0 Å². The van der Waals surface area contributed by atoms with Gasteiger partial charge in [0.05, 0.1) is 0 Å². The van der Waals surface area contributed by atoms with Crippen molar-refractivity contribution in [3.05, 3.63) is 78.7 Å². The molecule has 124 valence electrons. The van der Waals surface area contributed by atoms with Crippen molar-refractivity contribution in [2.24, 2.45) is 11.1 Å². The Morgan fingerprint density at radius 3 is 2.18 bits per heavy atom. The van der Waals surface area contributed by atoms with Crippen LogP contribution in [0.2, 0.25) is 0 Å². The molecular formula is C20H34N2. The van der Waals surface area contributed by atoms with Gasteiger partial charge in [-0.25, -0.2) is 0 Å². The minimum atomic E-state index is 0. The molecule has 1 atom stereocenters. The number of hydrogen-bond acceptors (Lipinski definition) is 2. The molecule has 2 nitrogen and oxygen atoms in total. The summed E-state index contributed by atoms with van der Waals surface area (Å²) in [6.45, 7) is 10.4. The summed E-state index contributed by atoms with van der Waals surface area (Å²) >= 11 is 0. The first-order valence-electron chi connectivity index (χ1n) is 7.25. The number of nitrogens with zero attached hydrogens (tertiary/aromatic N) is 1. The largest absolute Gasteiger partial charge is 0.333 e. The maximum atomic E-state index is 4.50. The van der Waals surface area contributed by atoms with E-state index >= 15 is 0 Å². The van der Waals surface area contributed by atoms with Gasteiger partial charge in [0.1, 0.15) is 0 Å². The Hall–Kier alpha value is -1.93. The van der Waals surface area contributed by atoms with Gasteiger partial charge in [-0.15, -0.1) is 0 Å². The molecule has 1 aliphatic rings. The molecule has 0 saturated carbocycles. The molecule has 1 aromatic rings. The topological polar surface area (TPSA) is 38.9 Å². The van der Waals surface area contributed by atoms with Gasteiger partial charge in [-0.05, 0) is 38.1 Å². The van der Waals surface area contributed by atoms with E-state index in [0.29, 0.717) is 0 Å². The molecule has 0 bridgehead atoms. The molecule has 0 saturated heterocycles. The summed E-state index contributed by atoms with van der Waals surface area (Å²) in [7, 11) is 1.50. The van der Waals surface area contributed by atoms with Gasteiger partial charge in [-0.2, -0.15) is 0 Å². The average Bonchev–Trinajstić information content (AvgIpc) is 2.74. The molecule has 0 fully saturated rings. The lowest BCUT2D eigenvalue weighted by Gasteiger charge is -2.18.